The Morgan fingerprint density at radius 3 is 2.83 bits per heavy atom. The Morgan fingerprint density at radius 1 is 1.25 bits per heavy atom. The monoisotopic (exact) mass is 326 g/mol. The lowest BCUT2D eigenvalue weighted by Crippen LogP contribution is -2.34. The van der Waals surface area contributed by atoms with Gasteiger partial charge in [-0.25, -0.2) is 0 Å². The molecule has 2 aromatic rings. The van der Waals surface area contributed by atoms with Gasteiger partial charge in [0.15, 0.2) is 6.10 Å². The summed E-state index contributed by atoms with van der Waals surface area (Å²) in [6.45, 7) is 1.97. The summed E-state index contributed by atoms with van der Waals surface area (Å²) in [5.41, 5.74) is 1.15. The van der Waals surface area contributed by atoms with Crippen LogP contribution in [0.15, 0.2) is 48.5 Å². The van der Waals surface area contributed by atoms with E-state index in [-0.39, 0.29) is 24.8 Å². The van der Waals surface area contributed by atoms with Crippen LogP contribution in [0, 0.1) is 0 Å². The van der Waals surface area contributed by atoms with E-state index in [9.17, 15) is 9.59 Å². The second-order valence-corrected chi connectivity index (χ2v) is 5.42. The first-order valence-corrected chi connectivity index (χ1v) is 7.71. The molecule has 3 rings (SSSR count). The summed E-state index contributed by atoms with van der Waals surface area (Å²) in [6.07, 6.45) is -0.292. The predicted octanol–water partition coefficient (Wildman–Crippen LogP) is 2.81. The van der Waals surface area contributed by atoms with Crippen LogP contribution in [-0.2, 0) is 9.59 Å². The minimum absolute atomic E-state index is 0.165. The molecule has 0 aromatic heterocycles. The third-order valence-corrected chi connectivity index (χ3v) is 3.54. The number of rotatable bonds is 5. The normalized spacial score (nSPS) is 15.7. The van der Waals surface area contributed by atoms with E-state index in [1.807, 2.05) is 30.3 Å². The molecule has 2 amide bonds. The highest BCUT2D eigenvalue weighted by Gasteiger charge is 2.23. The molecule has 0 aliphatic carbocycles. The largest absolute Gasteiger partial charge is 0.493 e. The SMILES string of the molecule is CC1Oc2ccc(NC(=O)CCOc3ccccc3)cc2NC1=O. The fourth-order valence-electron chi connectivity index (χ4n) is 2.29. The van der Waals surface area contributed by atoms with Crippen LogP contribution in [0.3, 0.4) is 0 Å². The van der Waals surface area contributed by atoms with E-state index in [1.54, 1.807) is 25.1 Å². The van der Waals surface area contributed by atoms with E-state index in [0.29, 0.717) is 17.1 Å². The van der Waals surface area contributed by atoms with Crippen LogP contribution < -0.4 is 20.1 Å². The molecule has 0 fully saturated rings. The van der Waals surface area contributed by atoms with Crippen molar-refractivity contribution in [1.29, 1.82) is 0 Å². The van der Waals surface area contributed by atoms with Gasteiger partial charge in [0, 0.05) is 5.69 Å². The van der Waals surface area contributed by atoms with Gasteiger partial charge in [0.25, 0.3) is 5.91 Å². The van der Waals surface area contributed by atoms with Crippen molar-refractivity contribution < 1.29 is 19.1 Å². The highest BCUT2D eigenvalue weighted by Crippen LogP contribution is 2.32. The lowest BCUT2D eigenvalue weighted by molar-refractivity contribution is -0.122. The van der Waals surface area contributed by atoms with Gasteiger partial charge in [-0.05, 0) is 37.3 Å². The van der Waals surface area contributed by atoms with Crippen molar-refractivity contribution in [2.45, 2.75) is 19.4 Å². The zero-order valence-electron chi connectivity index (χ0n) is 13.2. The molecule has 1 aliphatic rings. The smallest absolute Gasteiger partial charge is 0.265 e. The minimum Gasteiger partial charge on any atom is -0.493 e. The summed E-state index contributed by atoms with van der Waals surface area (Å²) >= 11 is 0. The number of para-hydroxylation sites is 1. The van der Waals surface area contributed by atoms with Gasteiger partial charge in [-0.2, -0.15) is 0 Å². The van der Waals surface area contributed by atoms with Crippen LogP contribution in [0.4, 0.5) is 11.4 Å². The molecule has 2 N–H and O–H groups in total. The van der Waals surface area contributed by atoms with Crippen molar-refractivity contribution in [3.8, 4) is 11.5 Å². The molecule has 0 saturated carbocycles. The fraction of sp³-hybridized carbons (Fsp3) is 0.222. The Morgan fingerprint density at radius 2 is 2.04 bits per heavy atom. The summed E-state index contributed by atoms with van der Waals surface area (Å²) in [5, 5.41) is 5.53. The van der Waals surface area contributed by atoms with Crippen LogP contribution in [0.25, 0.3) is 0 Å². The van der Waals surface area contributed by atoms with Crippen LogP contribution >= 0.6 is 0 Å². The lowest BCUT2D eigenvalue weighted by Gasteiger charge is -2.23. The van der Waals surface area contributed by atoms with E-state index < -0.39 is 6.10 Å². The maximum atomic E-state index is 12.0. The van der Waals surface area contributed by atoms with Crippen molar-refractivity contribution in [2.75, 3.05) is 17.2 Å². The third-order valence-electron chi connectivity index (χ3n) is 3.54. The number of anilines is 2. The number of amides is 2. The number of hydrogen-bond donors (Lipinski definition) is 2. The van der Waals surface area contributed by atoms with Gasteiger partial charge >= 0.3 is 0 Å². The van der Waals surface area contributed by atoms with Gasteiger partial charge in [-0.15, -0.1) is 0 Å². The second-order valence-electron chi connectivity index (χ2n) is 5.42. The molecule has 6 nitrogen and oxygen atoms in total. The number of carbonyl (C=O) groups excluding carboxylic acids is 2. The lowest BCUT2D eigenvalue weighted by atomic mass is 10.2. The Kier molecular flexibility index (Phi) is 4.65. The Bertz CT molecular complexity index is 746. The van der Waals surface area contributed by atoms with Gasteiger partial charge < -0.3 is 20.1 Å². The Balaban J connectivity index is 1.53. The van der Waals surface area contributed by atoms with Crippen LogP contribution in [0.1, 0.15) is 13.3 Å². The van der Waals surface area contributed by atoms with Crippen LogP contribution in [-0.4, -0.2) is 24.5 Å². The van der Waals surface area contributed by atoms with Gasteiger partial charge in [-0.1, -0.05) is 18.2 Å². The first-order valence-electron chi connectivity index (χ1n) is 7.71. The van der Waals surface area contributed by atoms with Gasteiger partial charge in [-0.3, -0.25) is 9.59 Å². The summed E-state index contributed by atoms with van der Waals surface area (Å²) in [7, 11) is 0. The second kappa shape index (κ2) is 7.04. The van der Waals surface area contributed by atoms with E-state index in [1.165, 1.54) is 0 Å². The molecule has 0 radical (unpaired) electrons. The zero-order chi connectivity index (χ0) is 16.9. The highest BCUT2D eigenvalue weighted by molar-refractivity contribution is 5.99. The van der Waals surface area contributed by atoms with Crippen molar-refractivity contribution >= 4 is 23.2 Å². The van der Waals surface area contributed by atoms with Gasteiger partial charge in [0.05, 0.1) is 18.7 Å². The standard InChI is InChI=1S/C18H18N2O4/c1-12-18(22)20-15-11-13(7-8-16(15)24-12)19-17(21)9-10-23-14-5-3-2-4-6-14/h2-8,11-12H,9-10H2,1H3,(H,19,21)(H,20,22). The van der Waals surface area contributed by atoms with Crippen molar-refractivity contribution in [3.05, 3.63) is 48.5 Å². The number of fused-ring (bicyclic) bond motifs is 1. The maximum Gasteiger partial charge on any atom is 0.265 e. The molecule has 0 saturated heterocycles. The Hall–Kier alpha value is -3.02. The molecule has 2 aromatic carbocycles. The number of hydrogen-bond acceptors (Lipinski definition) is 4. The zero-order valence-corrected chi connectivity index (χ0v) is 13.2. The molecule has 1 heterocycles. The van der Waals surface area contributed by atoms with Crippen molar-refractivity contribution in [1.82, 2.24) is 0 Å². The van der Waals surface area contributed by atoms with E-state index in [4.69, 9.17) is 9.47 Å². The summed E-state index contributed by atoms with van der Waals surface area (Å²) < 4.78 is 11.0. The molecule has 6 heteroatoms. The predicted molar refractivity (Wildman–Crippen MR) is 90.3 cm³/mol. The molecular formula is C18H18N2O4. The Labute approximate surface area is 139 Å². The molecule has 0 spiro atoms. The summed E-state index contributed by atoms with van der Waals surface area (Å²) in [4.78, 5) is 23.6. The average molecular weight is 326 g/mol. The highest BCUT2D eigenvalue weighted by atomic mass is 16.5. The van der Waals surface area contributed by atoms with Gasteiger partial charge in [0.1, 0.15) is 11.5 Å². The number of ether oxygens (including phenoxy) is 2. The third kappa shape index (κ3) is 3.84. The van der Waals surface area contributed by atoms with E-state index in [2.05, 4.69) is 10.6 Å². The number of nitrogens with one attached hydrogen (secondary N) is 2. The summed E-state index contributed by atoms with van der Waals surface area (Å²) in [6, 6.07) is 14.5. The average Bonchev–Trinajstić information content (AvgIpc) is 2.57. The van der Waals surface area contributed by atoms with E-state index >= 15 is 0 Å². The first kappa shape index (κ1) is 15.9. The minimum atomic E-state index is -0.520. The maximum absolute atomic E-state index is 12.0. The number of carbonyl (C=O) groups is 2. The molecular weight excluding hydrogens is 308 g/mol. The molecule has 1 unspecified atom stereocenters. The van der Waals surface area contributed by atoms with E-state index in [0.717, 1.165) is 5.75 Å². The molecule has 0 bridgehead atoms. The summed E-state index contributed by atoms with van der Waals surface area (Å²) in [5.74, 6) is 0.949. The topological polar surface area (TPSA) is 76.7 Å². The van der Waals surface area contributed by atoms with Crippen molar-refractivity contribution in [3.63, 3.8) is 0 Å². The molecule has 124 valence electrons. The van der Waals surface area contributed by atoms with Gasteiger partial charge in [0.2, 0.25) is 5.91 Å². The van der Waals surface area contributed by atoms with Crippen LogP contribution in [0.5, 0.6) is 11.5 Å². The fourth-order valence-corrected chi connectivity index (χ4v) is 2.29. The van der Waals surface area contributed by atoms with Crippen molar-refractivity contribution in [2.24, 2.45) is 0 Å². The number of benzene rings is 2. The first-order chi connectivity index (χ1) is 11.6. The molecule has 1 atom stereocenters. The molecule has 24 heavy (non-hydrogen) atoms. The molecule has 1 aliphatic heterocycles. The van der Waals surface area contributed by atoms with Crippen LogP contribution in [0.2, 0.25) is 0 Å². The quantitative estimate of drug-likeness (QED) is 0.886.